The van der Waals surface area contributed by atoms with Gasteiger partial charge in [-0.2, -0.15) is 0 Å². The van der Waals surface area contributed by atoms with Crippen LogP contribution in [0.25, 0.3) is 0 Å². The van der Waals surface area contributed by atoms with Gasteiger partial charge in [-0.05, 0) is 17.2 Å². The normalized spacial score (nSPS) is 12.6. The minimum Gasteiger partial charge on any atom is -0.493 e. The molecule has 168 valence electrons. The second-order valence-electron chi connectivity index (χ2n) is 7.34. The summed E-state index contributed by atoms with van der Waals surface area (Å²) in [6, 6.07) is 24.8. The molecule has 6 heteroatoms. The molecular weight excluding hydrogens is 406 g/mol. The number of para-hydroxylation sites is 1. The lowest BCUT2D eigenvalue weighted by Gasteiger charge is -2.24. The van der Waals surface area contributed by atoms with Crippen molar-refractivity contribution >= 4 is 5.97 Å². The van der Waals surface area contributed by atoms with Crippen molar-refractivity contribution in [3.63, 3.8) is 0 Å². The number of carbonyl (C=O) groups is 1. The van der Waals surface area contributed by atoms with Crippen LogP contribution in [0, 0.1) is 5.92 Å². The van der Waals surface area contributed by atoms with Crippen LogP contribution < -0.4 is 14.8 Å². The number of hydrogen-bond acceptors (Lipinski definition) is 6. The molecule has 0 heterocycles. The number of rotatable bonds is 11. The summed E-state index contributed by atoms with van der Waals surface area (Å²) >= 11 is 0. The Kier molecular flexibility index (Phi) is 8.66. The summed E-state index contributed by atoms with van der Waals surface area (Å²) < 4.78 is 16.5. The van der Waals surface area contributed by atoms with Gasteiger partial charge >= 0.3 is 5.97 Å². The first-order valence-corrected chi connectivity index (χ1v) is 10.5. The summed E-state index contributed by atoms with van der Waals surface area (Å²) in [4.78, 5) is 12.5. The number of esters is 1. The predicted molar refractivity (Wildman–Crippen MR) is 122 cm³/mol. The van der Waals surface area contributed by atoms with Crippen molar-refractivity contribution in [3.8, 4) is 11.5 Å². The van der Waals surface area contributed by atoms with E-state index in [0.717, 1.165) is 11.1 Å². The van der Waals surface area contributed by atoms with Crippen LogP contribution in [0.15, 0.2) is 78.9 Å². The SMILES string of the molecule is COC(=O)C(CNCc1ccccc1)C(O)c1cccc(OC)c1OCc1ccccc1. The van der Waals surface area contributed by atoms with Gasteiger partial charge in [-0.15, -0.1) is 0 Å². The number of aliphatic hydroxyl groups is 1. The fourth-order valence-electron chi connectivity index (χ4n) is 3.47. The smallest absolute Gasteiger partial charge is 0.312 e. The number of ether oxygens (including phenoxy) is 3. The van der Waals surface area contributed by atoms with E-state index < -0.39 is 18.0 Å². The number of benzene rings is 3. The summed E-state index contributed by atoms with van der Waals surface area (Å²) in [5.74, 6) is -0.438. The quantitative estimate of drug-likeness (QED) is 0.445. The minimum atomic E-state index is -1.15. The van der Waals surface area contributed by atoms with E-state index in [0.29, 0.717) is 30.2 Å². The number of aliphatic hydroxyl groups excluding tert-OH is 1. The highest BCUT2D eigenvalue weighted by Gasteiger charge is 2.31. The zero-order chi connectivity index (χ0) is 22.8. The number of methoxy groups -OCH3 is 2. The molecule has 6 nitrogen and oxygen atoms in total. The maximum atomic E-state index is 12.5. The topological polar surface area (TPSA) is 77.0 Å². The lowest BCUT2D eigenvalue weighted by Crippen LogP contribution is -2.34. The summed E-state index contributed by atoms with van der Waals surface area (Å²) in [6.07, 6.45) is -1.15. The van der Waals surface area contributed by atoms with Gasteiger partial charge in [0.2, 0.25) is 0 Å². The first kappa shape index (κ1) is 23.3. The van der Waals surface area contributed by atoms with Gasteiger partial charge in [0.05, 0.1) is 26.2 Å². The fraction of sp³-hybridized carbons (Fsp3) is 0.269. The molecule has 3 aromatic rings. The standard InChI is InChI=1S/C26H29NO5/c1-30-23-15-9-14-21(25(23)32-18-20-12-7-4-8-13-20)24(28)22(26(29)31-2)17-27-16-19-10-5-3-6-11-19/h3-15,22,24,27-28H,16-18H2,1-2H3. The molecule has 2 unspecified atom stereocenters. The van der Waals surface area contributed by atoms with Gasteiger partial charge in [0.1, 0.15) is 6.61 Å². The van der Waals surface area contributed by atoms with E-state index in [2.05, 4.69) is 5.32 Å². The molecule has 0 fully saturated rings. The summed E-state index contributed by atoms with van der Waals surface area (Å²) in [6.45, 7) is 1.10. The minimum absolute atomic E-state index is 0.234. The van der Waals surface area contributed by atoms with E-state index in [1.807, 2.05) is 60.7 Å². The van der Waals surface area contributed by atoms with Crippen LogP contribution in [0.5, 0.6) is 11.5 Å². The molecule has 0 bridgehead atoms. The lowest BCUT2D eigenvalue weighted by atomic mass is 9.94. The Labute approximate surface area is 188 Å². The van der Waals surface area contributed by atoms with Crippen molar-refractivity contribution in [3.05, 3.63) is 95.6 Å². The second kappa shape index (κ2) is 11.9. The van der Waals surface area contributed by atoms with E-state index >= 15 is 0 Å². The Morgan fingerprint density at radius 3 is 2.19 bits per heavy atom. The van der Waals surface area contributed by atoms with Gasteiger partial charge < -0.3 is 24.6 Å². The van der Waals surface area contributed by atoms with Crippen LogP contribution in [0.4, 0.5) is 0 Å². The molecule has 32 heavy (non-hydrogen) atoms. The van der Waals surface area contributed by atoms with Crippen LogP contribution in [0.2, 0.25) is 0 Å². The Hall–Kier alpha value is -3.35. The number of nitrogens with one attached hydrogen (secondary N) is 1. The van der Waals surface area contributed by atoms with Gasteiger partial charge in [0.25, 0.3) is 0 Å². The lowest BCUT2D eigenvalue weighted by molar-refractivity contribution is -0.149. The predicted octanol–water partition coefficient (Wildman–Crippen LogP) is 3.89. The highest BCUT2D eigenvalue weighted by atomic mass is 16.5. The monoisotopic (exact) mass is 435 g/mol. The van der Waals surface area contributed by atoms with Gasteiger partial charge in [-0.3, -0.25) is 4.79 Å². The molecule has 0 aliphatic rings. The van der Waals surface area contributed by atoms with Gasteiger partial charge in [-0.25, -0.2) is 0 Å². The van der Waals surface area contributed by atoms with Crippen molar-refractivity contribution in [2.75, 3.05) is 20.8 Å². The number of carbonyl (C=O) groups excluding carboxylic acids is 1. The first-order chi connectivity index (χ1) is 15.6. The molecular formula is C26H29NO5. The molecule has 0 aromatic heterocycles. The van der Waals surface area contributed by atoms with E-state index in [1.54, 1.807) is 25.3 Å². The van der Waals surface area contributed by atoms with Crippen molar-refractivity contribution in [1.29, 1.82) is 0 Å². The Morgan fingerprint density at radius 2 is 1.56 bits per heavy atom. The van der Waals surface area contributed by atoms with Crippen molar-refractivity contribution < 1.29 is 24.1 Å². The zero-order valence-electron chi connectivity index (χ0n) is 18.4. The second-order valence-corrected chi connectivity index (χ2v) is 7.34. The third-order valence-corrected chi connectivity index (χ3v) is 5.20. The first-order valence-electron chi connectivity index (χ1n) is 10.5. The maximum Gasteiger partial charge on any atom is 0.312 e. The van der Waals surface area contributed by atoms with Crippen molar-refractivity contribution in [2.45, 2.75) is 19.3 Å². The molecule has 0 saturated carbocycles. The highest BCUT2D eigenvalue weighted by molar-refractivity contribution is 5.74. The van der Waals surface area contributed by atoms with E-state index in [9.17, 15) is 9.90 Å². The molecule has 3 aromatic carbocycles. The van der Waals surface area contributed by atoms with Crippen LogP contribution in [-0.2, 0) is 22.7 Å². The highest BCUT2D eigenvalue weighted by Crippen LogP contribution is 2.38. The molecule has 2 atom stereocenters. The summed E-state index contributed by atoms with van der Waals surface area (Å²) in [7, 11) is 2.86. The third-order valence-electron chi connectivity index (χ3n) is 5.20. The average molecular weight is 436 g/mol. The van der Waals surface area contributed by atoms with Crippen molar-refractivity contribution in [2.24, 2.45) is 5.92 Å². The molecule has 0 radical (unpaired) electrons. The largest absolute Gasteiger partial charge is 0.493 e. The summed E-state index contributed by atoms with van der Waals surface area (Å²) in [5, 5.41) is 14.4. The van der Waals surface area contributed by atoms with Crippen LogP contribution >= 0.6 is 0 Å². The molecule has 0 aliphatic carbocycles. The van der Waals surface area contributed by atoms with Gasteiger partial charge in [0, 0.05) is 18.7 Å². The molecule has 0 saturated heterocycles. The van der Waals surface area contributed by atoms with Crippen LogP contribution in [0.1, 0.15) is 22.8 Å². The van der Waals surface area contributed by atoms with Gasteiger partial charge in [-0.1, -0.05) is 72.8 Å². The third kappa shape index (κ3) is 6.09. The molecule has 0 aliphatic heterocycles. The van der Waals surface area contributed by atoms with Crippen molar-refractivity contribution in [1.82, 2.24) is 5.32 Å². The average Bonchev–Trinajstić information content (AvgIpc) is 2.85. The number of hydrogen-bond donors (Lipinski definition) is 2. The fourth-order valence-corrected chi connectivity index (χ4v) is 3.47. The van der Waals surface area contributed by atoms with E-state index in [1.165, 1.54) is 7.11 Å². The molecule has 0 spiro atoms. The Bertz CT molecular complexity index is 978. The zero-order valence-corrected chi connectivity index (χ0v) is 18.4. The summed E-state index contributed by atoms with van der Waals surface area (Å²) in [5.41, 5.74) is 2.53. The van der Waals surface area contributed by atoms with Gasteiger partial charge in [0.15, 0.2) is 11.5 Å². The van der Waals surface area contributed by atoms with Crippen LogP contribution in [-0.4, -0.2) is 31.8 Å². The van der Waals surface area contributed by atoms with Crippen LogP contribution in [0.3, 0.4) is 0 Å². The molecule has 0 amide bonds. The molecule has 3 rings (SSSR count). The molecule has 2 N–H and O–H groups in total. The Morgan fingerprint density at radius 1 is 0.906 bits per heavy atom. The van der Waals surface area contributed by atoms with E-state index in [4.69, 9.17) is 14.2 Å². The van der Waals surface area contributed by atoms with E-state index in [-0.39, 0.29) is 6.54 Å². The Balaban J connectivity index is 1.79. The maximum absolute atomic E-state index is 12.5.